The van der Waals surface area contributed by atoms with Crippen LogP contribution < -0.4 is 0 Å². The largest absolute Gasteiger partial charge is 0.333 e. The minimum absolute atomic E-state index is 0.116. The Kier molecular flexibility index (Phi) is 8.30. The van der Waals surface area contributed by atoms with Crippen molar-refractivity contribution >= 4 is 7.60 Å². The molecule has 0 unspecified atom stereocenters. The van der Waals surface area contributed by atoms with E-state index in [9.17, 15) is 8.96 Å². The second kappa shape index (κ2) is 8.26. The van der Waals surface area contributed by atoms with Gasteiger partial charge in [-0.3, -0.25) is 4.57 Å². The number of unbranched alkanes of at least 4 members (excludes halogenated alkanes) is 1. The summed E-state index contributed by atoms with van der Waals surface area (Å²) >= 11 is 0. The zero-order valence-corrected chi connectivity index (χ0v) is 10.8. The highest BCUT2D eigenvalue weighted by Crippen LogP contribution is 2.49. The van der Waals surface area contributed by atoms with Crippen LogP contribution in [0.4, 0.5) is 4.39 Å². The highest BCUT2D eigenvalue weighted by atomic mass is 31.2. The predicted molar refractivity (Wildman–Crippen MR) is 60.1 cm³/mol. The molecule has 0 amide bonds. The first-order valence-corrected chi connectivity index (χ1v) is 7.33. The van der Waals surface area contributed by atoms with Gasteiger partial charge >= 0.3 is 7.60 Å². The molecule has 0 saturated carbocycles. The fourth-order valence-corrected chi connectivity index (χ4v) is 3.04. The average molecular weight is 240 g/mol. The summed E-state index contributed by atoms with van der Waals surface area (Å²) in [4.78, 5) is 0. The molecule has 0 radical (unpaired) electrons. The first kappa shape index (κ1) is 15.1. The first-order chi connectivity index (χ1) is 7.08. The lowest BCUT2D eigenvalue weighted by molar-refractivity contribution is 0.208. The molecule has 0 fully saturated rings. The molecular formula is C10H22FO3P. The van der Waals surface area contributed by atoms with E-state index < -0.39 is 13.8 Å². The second-order valence-corrected chi connectivity index (χ2v) is 5.47. The maximum absolute atomic E-state index is 13.4. The fraction of sp³-hybridized carbons (Fsp3) is 1.00. The molecular weight excluding hydrogens is 218 g/mol. The average Bonchev–Trinajstić information content (AvgIpc) is 2.15. The van der Waals surface area contributed by atoms with Crippen LogP contribution in [0.25, 0.3) is 0 Å². The maximum atomic E-state index is 13.4. The van der Waals surface area contributed by atoms with Gasteiger partial charge in [-0.1, -0.05) is 19.8 Å². The van der Waals surface area contributed by atoms with Gasteiger partial charge in [0.15, 0.2) is 0 Å². The monoisotopic (exact) mass is 240 g/mol. The normalized spacial score (nSPS) is 14.1. The van der Waals surface area contributed by atoms with E-state index in [1.165, 1.54) is 0 Å². The Hall–Kier alpha value is 0.0800. The molecule has 0 bridgehead atoms. The quantitative estimate of drug-likeness (QED) is 0.575. The van der Waals surface area contributed by atoms with Gasteiger partial charge in [-0.25, -0.2) is 4.39 Å². The van der Waals surface area contributed by atoms with Crippen molar-refractivity contribution in [3.05, 3.63) is 0 Å². The zero-order chi connectivity index (χ0) is 11.7. The summed E-state index contributed by atoms with van der Waals surface area (Å²) in [5.74, 6) is 0. The summed E-state index contributed by atoms with van der Waals surface area (Å²) in [5.41, 5.74) is 0. The van der Waals surface area contributed by atoms with Crippen LogP contribution in [0.5, 0.6) is 0 Å². The smallest absolute Gasteiger partial charge is 0.309 e. The van der Waals surface area contributed by atoms with E-state index in [4.69, 9.17) is 9.05 Å². The topological polar surface area (TPSA) is 35.5 Å². The van der Waals surface area contributed by atoms with Crippen molar-refractivity contribution in [2.24, 2.45) is 0 Å². The molecule has 0 heterocycles. The lowest BCUT2D eigenvalue weighted by Crippen LogP contribution is -2.11. The van der Waals surface area contributed by atoms with Crippen molar-refractivity contribution in [3.63, 3.8) is 0 Å². The van der Waals surface area contributed by atoms with Crippen LogP contribution in [-0.4, -0.2) is 25.5 Å². The fourth-order valence-electron chi connectivity index (χ4n) is 1.30. The Bertz CT molecular complexity index is 189. The summed E-state index contributed by atoms with van der Waals surface area (Å²) in [6.45, 7) is 6.03. The van der Waals surface area contributed by atoms with Gasteiger partial charge in [-0.05, 0) is 20.3 Å². The Morgan fingerprint density at radius 2 is 1.73 bits per heavy atom. The van der Waals surface area contributed by atoms with E-state index in [2.05, 4.69) is 0 Å². The van der Waals surface area contributed by atoms with Crippen LogP contribution in [-0.2, 0) is 13.6 Å². The van der Waals surface area contributed by atoms with Crippen LogP contribution in [0.15, 0.2) is 0 Å². The Balaban J connectivity index is 4.08. The Morgan fingerprint density at radius 3 is 2.13 bits per heavy atom. The molecule has 0 spiro atoms. The van der Waals surface area contributed by atoms with Crippen molar-refractivity contribution in [3.8, 4) is 0 Å². The molecule has 0 N–H and O–H groups in total. The van der Waals surface area contributed by atoms with E-state index in [0.717, 1.165) is 12.8 Å². The third-order valence-electron chi connectivity index (χ3n) is 1.94. The highest BCUT2D eigenvalue weighted by Gasteiger charge is 2.28. The summed E-state index contributed by atoms with van der Waals surface area (Å²) in [6.07, 6.45) is 0.969. The van der Waals surface area contributed by atoms with E-state index >= 15 is 0 Å². The molecule has 92 valence electrons. The zero-order valence-electron chi connectivity index (χ0n) is 9.87. The number of hydrogen-bond acceptors (Lipinski definition) is 3. The molecule has 0 saturated heterocycles. The summed E-state index contributed by atoms with van der Waals surface area (Å²) < 4.78 is 35.3. The molecule has 0 aromatic rings. The van der Waals surface area contributed by atoms with Crippen molar-refractivity contribution in [2.45, 2.75) is 46.2 Å². The van der Waals surface area contributed by atoms with E-state index in [-0.39, 0.29) is 19.4 Å². The van der Waals surface area contributed by atoms with Crippen LogP contribution >= 0.6 is 7.60 Å². The number of alkyl halides is 1. The summed E-state index contributed by atoms with van der Waals surface area (Å²) in [7, 11) is -3.19. The van der Waals surface area contributed by atoms with Crippen LogP contribution in [0.1, 0.15) is 40.0 Å². The molecule has 0 aliphatic rings. The minimum Gasteiger partial charge on any atom is -0.309 e. The number of rotatable bonds is 9. The third-order valence-corrected chi connectivity index (χ3v) is 4.09. The van der Waals surface area contributed by atoms with Gasteiger partial charge in [0.25, 0.3) is 0 Å². The lowest BCUT2D eigenvalue weighted by atomic mass is 10.2. The Morgan fingerprint density at radius 1 is 1.20 bits per heavy atom. The molecule has 3 nitrogen and oxygen atoms in total. The van der Waals surface area contributed by atoms with Crippen LogP contribution in [0.3, 0.4) is 0 Å². The molecule has 0 aromatic heterocycles. The first-order valence-electron chi connectivity index (χ1n) is 5.60. The van der Waals surface area contributed by atoms with E-state index in [1.54, 1.807) is 13.8 Å². The molecule has 0 aliphatic heterocycles. The van der Waals surface area contributed by atoms with Gasteiger partial charge in [-0.15, -0.1) is 0 Å². The molecule has 1 atom stereocenters. The molecule has 15 heavy (non-hydrogen) atoms. The van der Waals surface area contributed by atoms with Crippen LogP contribution in [0.2, 0.25) is 0 Å². The predicted octanol–water partition coefficient (Wildman–Crippen LogP) is 3.78. The second-order valence-electron chi connectivity index (χ2n) is 3.37. The maximum Gasteiger partial charge on any atom is 0.333 e. The molecule has 0 aromatic carbocycles. The van der Waals surface area contributed by atoms with Gasteiger partial charge in [0, 0.05) is 0 Å². The number of hydrogen-bond donors (Lipinski definition) is 0. The van der Waals surface area contributed by atoms with Crippen molar-refractivity contribution in [1.82, 2.24) is 0 Å². The summed E-state index contributed by atoms with van der Waals surface area (Å²) in [6, 6.07) is 0. The van der Waals surface area contributed by atoms with Crippen LogP contribution in [0, 0.1) is 0 Å². The molecule has 0 rings (SSSR count). The van der Waals surface area contributed by atoms with Gasteiger partial charge in [0.2, 0.25) is 0 Å². The standard InChI is InChI=1S/C10H22FO3P/c1-4-7-8-10(11)9-15(12,13-5-2)14-6-3/h10H,4-9H2,1-3H3/t10-/m1/s1. The van der Waals surface area contributed by atoms with Gasteiger partial charge in [0.1, 0.15) is 6.17 Å². The van der Waals surface area contributed by atoms with Crippen molar-refractivity contribution in [2.75, 3.05) is 19.4 Å². The number of halogens is 1. The molecule has 0 aliphatic carbocycles. The Labute approximate surface area is 91.9 Å². The van der Waals surface area contributed by atoms with Gasteiger partial charge in [0.05, 0.1) is 19.4 Å². The van der Waals surface area contributed by atoms with E-state index in [0.29, 0.717) is 6.42 Å². The van der Waals surface area contributed by atoms with Gasteiger partial charge in [-0.2, -0.15) is 0 Å². The minimum atomic E-state index is -3.19. The third kappa shape index (κ3) is 7.04. The van der Waals surface area contributed by atoms with E-state index in [1.807, 2.05) is 6.92 Å². The highest BCUT2D eigenvalue weighted by molar-refractivity contribution is 7.53. The molecule has 5 heteroatoms. The van der Waals surface area contributed by atoms with Gasteiger partial charge < -0.3 is 9.05 Å². The SMILES string of the molecule is CCCC[C@@H](F)CP(=O)(OCC)OCC. The summed E-state index contributed by atoms with van der Waals surface area (Å²) in [5, 5.41) is 0. The lowest BCUT2D eigenvalue weighted by Gasteiger charge is -2.18. The van der Waals surface area contributed by atoms with Crippen molar-refractivity contribution in [1.29, 1.82) is 0 Å². The van der Waals surface area contributed by atoms with Crippen molar-refractivity contribution < 1.29 is 18.0 Å².